The van der Waals surface area contributed by atoms with Crippen LogP contribution in [0.1, 0.15) is 5.56 Å². The maximum atomic E-state index is 12.4. The van der Waals surface area contributed by atoms with Crippen LogP contribution in [0.15, 0.2) is 39.7 Å². The predicted molar refractivity (Wildman–Crippen MR) is 90.5 cm³/mol. The Morgan fingerprint density at radius 1 is 1.08 bits per heavy atom. The molecule has 3 rings (SSSR count). The number of likely N-dealkylation sites (N-methyl/N-ethyl adjacent to an activating group) is 1. The van der Waals surface area contributed by atoms with Crippen LogP contribution in [-0.2, 0) is 16.1 Å². The SMILES string of the molecule is CN1CCN(Cc2coc3ccccc3c2=O)CC1.O=C(O)C(=O)O. The molecule has 0 saturated carbocycles. The number of fused-ring (bicyclic) bond motifs is 1. The summed E-state index contributed by atoms with van der Waals surface area (Å²) in [6.07, 6.45) is 1.61. The van der Waals surface area contributed by atoms with Gasteiger partial charge in [0.2, 0.25) is 0 Å². The van der Waals surface area contributed by atoms with E-state index in [0.717, 1.165) is 31.7 Å². The second-order valence-corrected chi connectivity index (χ2v) is 5.78. The highest BCUT2D eigenvalue weighted by Crippen LogP contribution is 2.12. The molecular formula is C17H20N2O6. The summed E-state index contributed by atoms with van der Waals surface area (Å²) >= 11 is 0. The van der Waals surface area contributed by atoms with Crippen LogP contribution in [-0.4, -0.2) is 65.2 Å². The Kier molecular flexibility index (Phi) is 6.26. The minimum Gasteiger partial charge on any atom is -0.473 e. The highest BCUT2D eigenvalue weighted by atomic mass is 16.4. The highest BCUT2D eigenvalue weighted by Gasteiger charge is 2.16. The molecule has 1 aliphatic heterocycles. The summed E-state index contributed by atoms with van der Waals surface area (Å²) in [6, 6.07) is 7.41. The monoisotopic (exact) mass is 348 g/mol. The fourth-order valence-electron chi connectivity index (χ4n) is 2.47. The van der Waals surface area contributed by atoms with E-state index in [-0.39, 0.29) is 5.43 Å². The molecule has 134 valence electrons. The summed E-state index contributed by atoms with van der Waals surface area (Å²) < 4.78 is 5.55. The lowest BCUT2D eigenvalue weighted by molar-refractivity contribution is -0.159. The molecule has 0 aliphatic carbocycles. The smallest absolute Gasteiger partial charge is 0.414 e. The van der Waals surface area contributed by atoms with Gasteiger partial charge in [-0.2, -0.15) is 0 Å². The quantitative estimate of drug-likeness (QED) is 0.763. The number of hydrogen-bond donors (Lipinski definition) is 2. The zero-order valence-electron chi connectivity index (χ0n) is 13.8. The fraction of sp³-hybridized carbons (Fsp3) is 0.353. The zero-order valence-corrected chi connectivity index (χ0v) is 13.8. The second kappa shape index (κ2) is 8.41. The number of aliphatic carboxylic acids is 2. The predicted octanol–water partition coefficient (Wildman–Crippen LogP) is 0.696. The van der Waals surface area contributed by atoms with Gasteiger partial charge in [-0.05, 0) is 19.2 Å². The van der Waals surface area contributed by atoms with Gasteiger partial charge in [-0.3, -0.25) is 9.69 Å². The fourth-order valence-corrected chi connectivity index (χ4v) is 2.47. The number of carbonyl (C=O) groups is 2. The Balaban J connectivity index is 0.000000326. The molecule has 1 fully saturated rings. The first-order chi connectivity index (χ1) is 11.9. The van der Waals surface area contributed by atoms with E-state index < -0.39 is 11.9 Å². The van der Waals surface area contributed by atoms with Gasteiger partial charge < -0.3 is 19.5 Å². The molecule has 2 N–H and O–H groups in total. The molecule has 1 saturated heterocycles. The third kappa shape index (κ3) is 5.13. The minimum atomic E-state index is -1.82. The number of carboxylic acids is 2. The Hall–Kier alpha value is -2.71. The molecule has 0 atom stereocenters. The molecule has 0 radical (unpaired) electrons. The molecule has 1 aromatic carbocycles. The maximum absolute atomic E-state index is 12.4. The lowest BCUT2D eigenvalue weighted by Crippen LogP contribution is -2.44. The third-order valence-electron chi connectivity index (χ3n) is 3.92. The van der Waals surface area contributed by atoms with Crippen LogP contribution in [0.3, 0.4) is 0 Å². The molecule has 8 nitrogen and oxygen atoms in total. The summed E-state index contributed by atoms with van der Waals surface area (Å²) in [5.74, 6) is -3.65. The Morgan fingerprint density at radius 2 is 1.68 bits per heavy atom. The largest absolute Gasteiger partial charge is 0.473 e. The van der Waals surface area contributed by atoms with E-state index in [9.17, 15) is 4.79 Å². The van der Waals surface area contributed by atoms with Crippen LogP contribution in [0, 0.1) is 0 Å². The summed E-state index contributed by atoms with van der Waals surface area (Å²) in [5, 5.41) is 15.5. The summed E-state index contributed by atoms with van der Waals surface area (Å²) in [6.45, 7) is 4.80. The molecule has 2 heterocycles. The van der Waals surface area contributed by atoms with Crippen LogP contribution >= 0.6 is 0 Å². The minimum absolute atomic E-state index is 0.0979. The van der Waals surface area contributed by atoms with E-state index in [4.69, 9.17) is 24.2 Å². The standard InChI is InChI=1S/C15H18N2O2.C2H2O4/c1-16-6-8-17(9-7-16)10-12-11-19-14-5-3-2-4-13(14)15(12)18;3-1(4)2(5)6/h2-5,11H,6-10H2,1H3;(H,3,4)(H,5,6). The van der Waals surface area contributed by atoms with E-state index in [1.165, 1.54) is 0 Å². The van der Waals surface area contributed by atoms with Crippen LogP contribution in [0.4, 0.5) is 0 Å². The van der Waals surface area contributed by atoms with Gasteiger partial charge in [0, 0.05) is 38.3 Å². The van der Waals surface area contributed by atoms with Crippen molar-refractivity contribution in [2.45, 2.75) is 6.54 Å². The number of rotatable bonds is 2. The van der Waals surface area contributed by atoms with Gasteiger partial charge in [0.05, 0.1) is 11.6 Å². The van der Waals surface area contributed by atoms with Crippen molar-refractivity contribution in [3.05, 3.63) is 46.3 Å². The zero-order chi connectivity index (χ0) is 18.4. The van der Waals surface area contributed by atoms with E-state index in [2.05, 4.69) is 16.8 Å². The first-order valence-electron chi connectivity index (χ1n) is 7.75. The molecule has 8 heteroatoms. The Morgan fingerprint density at radius 3 is 2.28 bits per heavy atom. The Bertz CT molecular complexity index is 796. The maximum Gasteiger partial charge on any atom is 0.414 e. The van der Waals surface area contributed by atoms with Crippen molar-refractivity contribution in [1.29, 1.82) is 0 Å². The molecule has 0 amide bonds. The van der Waals surface area contributed by atoms with Crippen molar-refractivity contribution >= 4 is 22.9 Å². The van der Waals surface area contributed by atoms with Crippen LogP contribution in [0.5, 0.6) is 0 Å². The van der Waals surface area contributed by atoms with Crippen molar-refractivity contribution in [3.8, 4) is 0 Å². The molecule has 0 unspecified atom stereocenters. The molecule has 1 aromatic heterocycles. The van der Waals surface area contributed by atoms with E-state index in [1.807, 2.05) is 24.3 Å². The van der Waals surface area contributed by atoms with Gasteiger partial charge >= 0.3 is 11.9 Å². The number of benzene rings is 1. The first-order valence-corrected chi connectivity index (χ1v) is 7.75. The van der Waals surface area contributed by atoms with Crippen molar-refractivity contribution < 1.29 is 24.2 Å². The average molecular weight is 348 g/mol. The topological polar surface area (TPSA) is 111 Å². The molecule has 0 spiro atoms. The highest BCUT2D eigenvalue weighted by molar-refractivity contribution is 6.27. The lowest BCUT2D eigenvalue weighted by atomic mass is 10.1. The number of carboxylic acid groups (broad SMARTS) is 2. The normalized spacial score (nSPS) is 15.4. The van der Waals surface area contributed by atoms with E-state index in [0.29, 0.717) is 17.5 Å². The van der Waals surface area contributed by atoms with Gasteiger partial charge in [0.15, 0.2) is 5.43 Å². The van der Waals surface area contributed by atoms with Crippen molar-refractivity contribution in [3.63, 3.8) is 0 Å². The number of nitrogens with zero attached hydrogens (tertiary/aromatic N) is 2. The van der Waals surface area contributed by atoms with E-state index in [1.54, 1.807) is 6.26 Å². The van der Waals surface area contributed by atoms with Crippen molar-refractivity contribution in [2.75, 3.05) is 33.2 Å². The van der Waals surface area contributed by atoms with E-state index >= 15 is 0 Å². The summed E-state index contributed by atoms with van der Waals surface area (Å²) in [5.41, 5.74) is 1.51. The third-order valence-corrected chi connectivity index (χ3v) is 3.92. The molecule has 2 aromatic rings. The average Bonchev–Trinajstić information content (AvgIpc) is 2.60. The van der Waals surface area contributed by atoms with Gasteiger partial charge in [0.25, 0.3) is 0 Å². The molecule has 25 heavy (non-hydrogen) atoms. The van der Waals surface area contributed by atoms with Gasteiger partial charge in [-0.1, -0.05) is 12.1 Å². The van der Waals surface area contributed by atoms with Crippen molar-refractivity contribution in [1.82, 2.24) is 9.80 Å². The number of hydrogen-bond acceptors (Lipinski definition) is 6. The van der Waals surface area contributed by atoms with Gasteiger partial charge in [0.1, 0.15) is 5.58 Å². The second-order valence-electron chi connectivity index (χ2n) is 5.78. The van der Waals surface area contributed by atoms with Crippen LogP contribution < -0.4 is 5.43 Å². The van der Waals surface area contributed by atoms with Gasteiger partial charge in [-0.25, -0.2) is 9.59 Å². The van der Waals surface area contributed by atoms with Crippen LogP contribution in [0.25, 0.3) is 11.0 Å². The summed E-state index contributed by atoms with van der Waals surface area (Å²) in [4.78, 5) is 35.2. The summed E-state index contributed by atoms with van der Waals surface area (Å²) in [7, 11) is 2.13. The Labute approximate surface area is 143 Å². The lowest BCUT2D eigenvalue weighted by Gasteiger charge is -2.32. The number of para-hydroxylation sites is 1. The van der Waals surface area contributed by atoms with Crippen LogP contribution in [0.2, 0.25) is 0 Å². The first kappa shape index (κ1) is 18.6. The van der Waals surface area contributed by atoms with Crippen molar-refractivity contribution in [2.24, 2.45) is 0 Å². The number of piperazine rings is 1. The molecule has 0 bridgehead atoms. The molecular weight excluding hydrogens is 328 g/mol. The van der Waals surface area contributed by atoms with Gasteiger partial charge in [-0.15, -0.1) is 0 Å². The molecule has 1 aliphatic rings.